The topological polar surface area (TPSA) is 22.1 Å². The Balaban J connectivity index is 1.69. The molecule has 1 heterocycles. The zero-order valence-corrected chi connectivity index (χ0v) is 13.0. The van der Waals surface area contributed by atoms with Gasteiger partial charge in [0.25, 0.3) is 0 Å². The maximum atomic E-state index is 5.77. The highest BCUT2D eigenvalue weighted by Gasteiger charge is 2.00. The average molecular weight is 340 g/mol. The molecule has 2 aromatic carbocycles. The van der Waals surface area contributed by atoms with Crippen molar-refractivity contribution in [2.75, 3.05) is 0 Å². The van der Waals surface area contributed by atoms with Crippen molar-refractivity contribution in [2.24, 2.45) is 0 Å². The predicted molar refractivity (Wildman–Crippen MR) is 87.7 cm³/mol. The molecule has 0 radical (unpaired) electrons. The van der Waals surface area contributed by atoms with Gasteiger partial charge in [-0.15, -0.1) is 0 Å². The third-order valence-electron chi connectivity index (χ3n) is 3.09. The first-order chi connectivity index (χ1) is 10.3. The second-order valence-electron chi connectivity index (χ2n) is 4.75. The van der Waals surface area contributed by atoms with Gasteiger partial charge in [-0.3, -0.25) is 4.98 Å². The molecule has 3 heteroatoms. The van der Waals surface area contributed by atoms with Crippen molar-refractivity contribution in [3.63, 3.8) is 0 Å². The Morgan fingerprint density at radius 1 is 0.810 bits per heavy atom. The number of benzene rings is 2. The molecule has 3 rings (SSSR count). The van der Waals surface area contributed by atoms with E-state index in [1.54, 1.807) is 12.4 Å². The van der Waals surface area contributed by atoms with Crippen LogP contribution in [0.25, 0.3) is 0 Å². The number of nitrogens with zero attached hydrogens (tertiary/aromatic N) is 1. The van der Waals surface area contributed by atoms with Gasteiger partial charge in [-0.05, 0) is 51.7 Å². The van der Waals surface area contributed by atoms with E-state index in [4.69, 9.17) is 4.74 Å². The predicted octanol–water partition coefficient (Wildman–Crippen LogP) is 5.23. The van der Waals surface area contributed by atoms with Gasteiger partial charge in [0.15, 0.2) is 0 Å². The molecule has 0 spiro atoms. The van der Waals surface area contributed by atoms with E-state index in [0.29, 0.717) is 0 Å². The van der Waals surface area contributed by atoms with E-state index in [-0.39, 0.29) is 0 Å². The quantitative estimate of drug-likeness (QED) is 0.649. The van der Waals surface area contributed by atoms with Crippen LogP contribution in [0.3, 0.4) is 0 Å². The minimum Gasteiger partial charge on any atom is -0.456 e. The summed E-state index contributed by atoms with van der Waals surface area (Å²) in [5, 5.41) is 0. The molecule has 0 aliphatic heterocycles. The molecule has 2 nitrogen and oxygen atoms in total. The first-order valence-electron chi connectivity index (χ1n) is 6.71. The number of aromatic nitrogens is 1. The summed E-state index contributed by atoms with van der Waals surface area (Å²) in [6.45, 7) is 0. The SMILES string of the molecule is Brc1cncc(Oc2ccc(Cc3ccccc3)cc2)c1. The molecule has 104 valence electrons. The summed E-state index contributed by atoms with van der Waals surface area (Å²) >= 11 is 3.38. The zero-order chi connectivity index (χ0) is 14.5. The van der Waals surface area contributed by atoms with Crippen LogP contribution in [-0.4, -0.2) is 4.98 Å². The molecule has 3 aromatic rings. The third-order valence-corrected chi connectivity index (χ3v) is 3.52. The van der Waals surface area contributed by atoms with Crippen LogP contribution in [0.4, 0.5) is 0 Å². The van der Waals surface area contributed by atoms with Crippen LogP contribution in [0.1, 0.15) is 11.1 Å². The molecular formula is C18H14BrNO. The van der Waals surface area contributed by atoms with E-state index in [2.05, 4.69) is 57.3 Å². The molecule has 0 unspecified atom stereocenters. The lowest BCUT2D eigenvalue weighted by atomic mass is 10.1. The number of hydrogen-bond donors (Lipinski definition) is 0. The Labute approximate surface area is 132 Å². The molecule has 0 amide bonds. The molecule has 0 aliphatic rings. The molecule has 0 atom stereocenters. The van der Waals surface area contributed by atoms with Gasteiger partial charge >= 0.3 is 0 Å². The lowest BCUT2D eigenvalue weighted by Gasteiger charge is -2.07. The Kier molecular flexibility index (Phi) is 4.31. The second kappa shape index (κ2) is 6.55. The van der Waals surface area contributed by atoms with Gasteiger partial charge in [-0.2, -0.15) is 0 Å². The summed E-state index contributed by atoms with van der Waals surface area (Å²) in [6, 6.07) is 20.5. The first kappa shape index (κ1) is 13.8. The van der Waals surface area contributed by atoms with Crippen molar-refractivity contribution in [1.29, 1.82) is 0 Å². The lowest BCUT2D eigenvalue weighted by Crippen LogP contribution is -1.89. The fourth-order valence-electron chi connectivity index (χ4n) is 2.09. The van der Waals surface area contributed by atoms with Crippen LogP contribution in [0.15, 0.2) is 77.5 Å². The molecule has 0 N–H and O–H groups in total. The van der Waals surface area contributed by atoms with Crippen LogP contribution < -0.4 is 4.74 Å². The van der Waals surface area contributed by atoms with Gasteiger partial charge in [-0.1, -0.05) is 42.5 Å². The summed E-state index contributed by atoms with van der Waals surface area (Å²) in [7, 11) is 0. The largest absolute Gasteiger partial charge is 0.456 e. The van der Waals surface area contributed by atoms with Crippen LogP contribution in [0.5, 0.6) is 11.5 Å². The van der Waals surface area contributed by atoms with Crippen molar-refractivity contribution >= 4 is 15.9 Å². The van der Waals surface area contributed by atoms with Gasteiger partial charge in [0, 0.05) is 10.7 Å². The maximum Gasteiger partial charge on any atom is 0.146 e. The Bertz CT molecular complexity index is 711. The molecule has 0 fully saturated rings. The van der Waals surface area contributed by atoms with E-state index >= 15 is 0 Å². The molecule has 0 aliphatic carbocycles. The Hall–Kier alpha value is -2.13. The van der Waals surface area contributed by atoms with Crippen molar-refractivity contribution in [2.45, 2.75) is 6.42 Å². The van der Waals surface area contributed by atoms with Gasteiger partial charge in [-0.25, -0.2) is 0 Å². The number of ether oxygens (including phenoxy) is 1. The van der Waals surface area contributed by atoms with Gasteiger partial charge < -0.3 is 4.74 Å². The van der Waals surface area contributed by atoms with Gasteiger partial charge in [0.2, 0.25) is 0 Å². The fourth-order valence-corrected chi connectivity index (χ4v) is 2.44. The highest BCUT2D eigenvalue weighted by atomic mass is 79.9. The van der Waals surface area contributed by atoms with E-state index in [1.165, 1.54) is 11.1 Å². The second-order valence-corrected chi connectivity index (χ2v) is 5.66. The summed E-state index contributed by atoms with van der Waals surface area (Å²) in [5.41, 5.74) is 2.57. The average Bonchev–Trinajstić information content (AvgIpc) is 2.50. The van der Waals surface area contributed by atoms with Crippen molar-refractivity contribution in [3.8, 4) is 11.5 Å². The lowest BCUT2D eigenvalue weighted by molar-refractivity contribution is 0.479. The normalized spacial score (nSPS) is 10.3. The molecular weight excluding hydrogens is 326 g/mol. The van der Waals surface area contributed by atoms with Crippen LogP contribution in [-0.2, 0) is 6.42 Å². The summed E-state index contributed by atoms with van der Waals surface area (Å²) < 4.78 is 6.68. The molecule has 0 saturated carbocycles. The van der Waals surface area contributed by atoms with E-state index in [1.807, 2.05) is 24.3 Å². The standard InChI is InChI=1S/C18H14BrNO/c19-16-11-18(13-20-12-16)21-17-8-6-15(7-9-17)10-14-4-2-1-3-5-14/h1-9,11-13H,10H2. The zero-order valence-electron chi connectivity index (χ0n) is 11.4. The Morgan fingerprint density at radius 3 is 2.24 bits per heavy atom. The van der Waals surface area contributed by atoms with E-state index in [9.17, 15) is 0 Å². The van der Waals surface area contributed by atoms with Crippen LogP contribution >= 0.6 is 15.9 Å². The maximum absolute atomic E-state index is 5.77. The van der Waals surface area contributed by atoms with Crippen molar-refractivity contribution in [3.05, 3.63) is 88.7 Å². The minimum atomic E-state index is 0.722. The molecule has 1 aromatic heterocycles. The monoisotopic (exact) mass is 339 g/mol. The molecule has 21 heavy (non-hydrogen) atoms. The number of pyridine rings is 1. The summed E-state index contributed by atoms with van der Waals surface area (Å²) in [6.07, 6.45) is 4.36. The third kappa shape index (κ3) is 3.92. The molecule has 0 saturated heterocycles. The highest BCUT2D eigenvalue weighted by Crippen LogP contribution is 2.24. The van der Waals surface area contributed by atoms with Crippen LogP contribution in [0, 0.1) is 0 Å². The first-order valence-corrected chi connectivity index (χ1v) is 7.50. The van der Waals surface area contributed by atoms with Crippen molar-refractivity contribution < 1.29 is 4.74 Å². The number of rotatable bonds is 4. The van der Waals surface area contributed by atoms with Crippen molar-refractivity contribution in [1.82, 2.24) is 4.98 Å². The number of halogens is 1. The Morgan fingerprint density at radius 2 is 1.52 bits per heavy atom. The van der Waals surface area contributed by atoms with Crippen LogP contribution in [0.2, 0.25) is 0 Å². The summed E-state index contributed by atoms with van der Waals surface area (Å²) in [5.74, 6) is 1.53. The highest BCUT2D eigenvalue weighted by molar-refractivity contribution is 9.10. The summed E-state index contributed by atoms with van der Waals surface area (Å²) in [4.78, 5) is 4.08. The minimum absolute atomic E-state index is 0.722. The van der Waals surface area contributed by atoms with E-state index < -0.39 is 0 Å². The fraction of sp³-hybridized carbons (Fsp3) is 0.0556. The number of hydrogen-bond acceptors (Lipinski definition) is 2. The van der Waals surface area contributed by atoms with Gasteiger partial charge in [0.05, 0.1) is 6.20 Å². The smallest absolute Gasteiger partial charge is 0.146 e. The van der Waals surface area contributed by atoms with Gasteiger partial charge in [0.1, 0.15) is 11.5 Å². The molecule has 0 bridgehead atoms. The van der Waals surface area contributed by atoms with E-state index in [0.717, 1.165) is 22.4 Å².